The summed E-state index contributed by atoms with van der Waals surface area (Å²) in [6, 6.07) is 8.26. The summed E-state index contributed by atoms with van der Waals surface area (Å²) in [5.41, 5.74) is 2.27. The van der Waals surface area contributed by atoms with Crippen LogP contribution in [0.25, 0.3) is 0 Å². The number of nitrogens with zero attached hydrogens (tertiary/aromatic N) is 1. The Morgan fingerprint density at radius 3 is 2.72 bits per heavy atom. The number of hydrogen-bond acceptors (Lipinski definition) is 4. The van der Waals surface area contributed by atoms with Crippen molar-refractivity contribution in [2.24, 2.45) is 4.99 Å². The summed E-state index contributed by atoms with van der Waals surface area (Å²) in [6.45, 7) is 10.8. The molecule has 1 aromatic rings. The van der Waals surface area contributed by atoms with Crippen molar-refractivity contribution < 1.29 is 14.2 Å². The zero-order chi connectivity index (χ0) is 18.2. The molecule has 25 heavy (non-hydrogen) atoms. The van der Waals surface area contributed by atoms with E-state index in [1.807, 2.05) is 13.0 Å². The number of rotatable bonds is 13. The third kappa shape index (κ3) is 10.6. The number of ether oxygens (including phenoxy) is 3. The maximum absolute atomic E-state index is 5.61. The summed E-state index contributed by atoms with van der Waals surface area (Å²) in [5.74, 6) is 0.746. The van der Waals surface area contributed by atoms with Crippen molar-refractivity contribution in [3.63, 3.8) is 0 Å². The maximum atomic E-state index is 5.61. The molecule has 140 valence electrons. The molecule has 0 amide bonds. The van der Waals surface area contributed by atoms with Crippen LogP contribution in [0.2, 0.25) is 0 Å². The van der Waals surface area contributed by atoms with Gasteiger partial charge in [0.1, 0.15) is 0 Å². The van der Waals surface area contributed by atoms with E-state index in [-0.39, 0.29) is 0 Å². The van der Waals surface area contributed by atoms with E-state index in [0.29, 0.717) is 46.1 Å². The van der Waals surface area contributed by atoms with Crippen LogP contribution in [0, 0.1) is 0 Å². The van der Waals surface area contributed by atoms with Crippen molar-refractivity contribution in [3.8, 4) is 0 Å². The molecule has 1 rings (SSSR count). The highest BCUT2D eigenvalue weighted by atomic mass is 16.5. The van der Waals surface area contributed by atoms with Gasteiger partial charge in [-0.15, -0.1) is 6.58 Å². The first-order valence-electron chi connectivity index (χ1n) is 8.65. The maximum Gasteiger partial charge on any atom is 0.191 e. The lowest BCUT2D eigenvalue weighted by Crippen LogP contribution is -2.39. The number of aliphatic imine (C=N–C) groups is 1. The molecule has 0 unspecified atom stereocenters. The molecular formula is C19H31N3O3. The second-order valence-electron chi connectivity index (χ2n) is 5.32. The van der Waals surface area contributed by atoms with Gasteiger partial charge >= 0.3 is 0 Å². The molecule has 6 heteroatoms. The molecule has 6 nitrogen and oxygen atoms in total. The number of methoxy groups -OCH3 is 1. The zero-order valence-corrected chi connectivity index (χ0v) is 15.4. The van der Waals surface area contributed by atoms with Crippen LogP contribution < -0.4 is 10.6 Å². The Morgan fingerprint density at radius 1 is 1.16 bits per heavy atom. The Hall–Kier alpha value is -1.89. The molecule has 0 radical (unpaired) electrons. The highest BCUT2D eigenvalue weighted by molar-refractivity contribution is 5.79. The lowest BCUT2D eigenvalue weighted by Gasteiger charge is -2.11. The van der Waals surface area contributed by atoms with Crippen molar-refractivity contribution in [3.05, 3.63) is 48.0 Å². The lowest BCUT2D eigenvalue weighted by atomic mass is 10.1. The first-order chi connectivity index (χ1) is 12.3. The summed E-state index contributed by atoms with van der Waals surface area (Å²) >= 11 is 0. The van der Waals surface area contributed by atoms with Crippen LogP contribution in [0.4, 0.5) is 0 Å². The minimum atomic E-state index is 0.582. The van der Waals surface area contributed by atoms with Gasteiger partial charge in [0.15, 0.2) is 5.96 Å². The van der Waals surface area contributed by atoms with E-state index in [9.17, 15) is 0 Å². The summed E-state index contributed by atoms with van der Waals surface area (Å²) in [5, 5.41) is 6.42. The highest BCUT2D eigenvalue weighted by Crippen LogP contribution is 2.08. The van der Waals surface area contributed by atoms with Gasteiger partial charge in [-0.05, 0) is 18.1 Å². The number of guanidine groups is 1. The highest BCUT2D eigenvalue weighted by Gasteiger charge is 1.99. The van der Waals surface area contributed by atoms with Crippen LogP contribution >= 0.6 is 0 Å². The van der Waals surface area contributed by atoms with Gasteiger partial charge in [0.2, 0.25) is 0 Å². The monoisotopic (exact) mass is 349 g/mol. The molecule has 1 aromatic carbocycles. The molecule has 2 N–H and O–H groups in total. The van der Waals surface area contributed by atoms with Crippen LogP contribution in [-0.2, 0) is 27.4 Å². The Labute approximate surface area is 151 Å². The molecule has 0 aliphatic heterocycles. The Morgan fingerprint density at radius 2 is 1.96 bits per heavy atom. The second-order valence-corrected chi connectivity index (χ2v) is 5.32. The minimum absolute atomic E-state index is 0.582. The lowest BCUT2D eigenvalue weighted by molar-refractivity contribution is 0.0453. The van der Waals surface area contributed by atoms with Crippen LogP contribution in [0.3, 0.4) is 0 Å². The quantitative estimate of drug-likeness (QED) is 0.247. The fourth-order valence-electron chi connectivity index (χ4n) is 2.05. The van der Waals surface area contributed by atoms with Gasteiger partial charge in [-0.3, -0.25) is 0 Å². The molecule has 0 aromatic heterocycles. The Balaban J connectivity index is 2.51. The van der Waals surface area contributed by atoms with Crippen LogP contribution in [0.1, 0.15) is 18.1 Å². The van der Waals surface area contributed by atoms with Crippen molar-refractivity contribution in [2.45, 2.75) is 20.1 Å². The van der Waals surface area contributed by atoms with Gasteiger partial charge in [-0.25, -0.2) is 4.99 Å². The average Bonchev–Trinajstić information content (AvgIpc) is 2.64. The normalized spacial score (nSPS) is 11.4. The van der Waals surface area contributed by atoms with E-state index in [0.717, 1.165) is 23.7 Å². The molecule has 0 bridgehead atoms. The summed E-state index contributed by atoms with van der Waals surface area (Å²) < 4.78 is 15.9. The number of hydrogen-bond donors (Lipinski definition) is 2. The van der Waals surface area contributed by atoms with Gasteiger partial charge < -0.3 is 24.8 Å². The van der Waals surface area contributed by atoms with Crippen molar-refractivity contribution >= 4 is 5.96 Å². The molecule has 0 saturated carbocycles. The van der Waals surface area contributed by atoms with Crippen molar-refractivity contribution in [2.75, 3.05) is 46.6 Å². The van der Waals surface area contributed by atoms with Gasteiger partial charge in [-0.2, -0.15) is 0 Å². The molecule has 0 aliphatic rings. The number of benzene rings is 1. The molecule has 0 saturated heterocycles. The smallest absolute Gasteiger partial charge is 0.191 e. The molecule has 0 aliphatic carbocycles. The van der Waals surface area contributed by atoms with Crippen molar-refractivity contribution in [1.29, 1.82) is 0 Å². The first-order valence-corrected chi connectivity index (χ1v) is 8.65. The van der Waals surface area contributed by atoms with Crippen LogP contribution in [0.5, 0.6) is 0 Å². The van der Waals surface area contributed by atoms with Crippen LogP contribution in [-0.4, -0.2) is 52.6 Å². The van der Waals surface area contributed by atoms with Gasteiger partial charge in [0.25, 0.3) is 0 Å². The SMILES string of the molecule is C=CCNC(=NCc1cccc(COCCOCC)c1)NCCOC. The van der Waals surface area contributed by atoms with E-state index in [1.54, 1.807) is 13.2 Å². The van der Waals surface area contributed by atoms with E-state index < -0.39 is 0 Å². The van der Waals surface area contributed by atoms with Gasteiger partial charge in [0.05, 0.1) is 33.0 Å². The Bertz CT molecular complexity index is 506. The average molecular weight is 349 g/mol. The molecule has 0 atom stereocenters. The van der Waals surface area contributed by atoms with Crippen LogP contribution in [0.15, 0.2) is 41.9 Å². The standard InChI is InChI=1S/C19H31N3O3/c1-4-9-20-19(21-10-11-23-3)22-15-17-7-6-8-18(14-17)16-25-13-12-24-5-2/h4,6-8,14H,1,5,9-13,15-16H2,2-3H3,(H2,20,21,22). The van der Waals surface area contributed by atoms with E-state index in [1.165, 1.54) is 0 Å². The van der Waals surface area contributed by atoms with Crippen molar-refractivity contribution in [1.82, 2.24) is 10.6 Å². The molecule has 0 spiro atoms. The van der Waals surface area contributed by atoms with E-state index in [4.69, 9.17) is 14.2 Å². The fourth-order valence-corrected chi connectivity index (χ4v) is 2.05. The topological polar surface area (TPSA) is 64.1 Å². The largest absolute Gasteiger partial charge is 0.383 e. The summed E-state index contributed by atoms with van der Waals surface area (Å²) in [6.07, 6.45) is 1.80. The zero-order valence-electron chi connectivity index (χ0n) is 15.4. The third-order valence-electron chi connectivity index (χ3n) is 3.27. The van der Waals surface area contributed by atoms with Gasteiger partial charge in [0, 0.05) is 26.8 Å². The van der Waals surface area contributed by atoms with E-state index in [2.05, 4.69) is 40.4 Å². The first kappa shape index (κ1) is 21.2. The summed E-state index contributed by atoms with van der Waals surface area (Å²) in [4.78, 5) is 4.60. The molecule has 0 heterocycles. The molecule has 0 fully saturated rings. The minimum Gasteiger partial charge on any atom is -0.383 e. The summed E-state index contributed by atoms with van der Waals surface area (Å²) in [7, 11) is 1.68. The predicted octanol–water partition coefficient (Wildman–Crippen LogP) is 2.11. The Kier molecular flexibility index (Phi) is 12.2. The van der Waals surface area contributed by atoms with Gasteiger partial charge in [-0.1, -0.05) is 30.3 Å². The predicted molar refractivity (Wildman–Crippen MR) is 102 cm³/mol. The van der Waals surface area contributed by atoms with E-state index >= 15 is 0 Å². The fraction of sp³-hybridized carbons (Fsp3) is 0.526. The third-order valence-corrected chi connectivity index (χ3v) is 3.27. The second kappa shape index (κ2) is 14.5. The molecular weight excluding hydrogens is 318 g/mol. The number of nitrogens with one attached hydrogen (secondary N) is 2.